The van der Waals surface area contributed by atoms with Crippen LogP contribution < -0.4 is 20.3 Å². The maximum absolute atomic E-state index is 13.0. The first-order valence-corrected chi connectivity index (χ1v) is 12.6. The van der Waals surface area contributed by atoms with Gasteiger partial charge in [-0.25, -0.2) is 0 Å². The van der Waals surface area contributed by atoms with Crippen molar-refractivity contribution in [3.05, 3.63) is 48.0 Å². The maximum Gasteiger partial charge on any atom is 0.494 e. The Kier molecular flexibility index (Phi) is 8.43. The number of anilines is 1. The third-order valence-corrected chi connectivity index (χ3v) is 7.03. The molecular formula is C28H41BN2O5. The molecule has 0 saturated carbocycles. The van der Waals surface area contributed by atoms with E-state index in [1.807, 2.05) is 46.8 Å². The summed E-state index contributed by atoms with van der Waals surface area (Å²) in [5.74, 6) is 0.968. The third kappa shape index (κ3) is 6.05. The van der Waals surface area contributed by atoms with Gasteiger partial charge in [-0.1, -0.05) is 12.1 Å². The van der Waals surface area contributed by atoms with Gasteiger partial charge in [-0.3, -0.25) is 9.69 Å². The Morgan fingerprint density at radius 1 is 0.889 bits per heavy atom. The molecule has 1 unspecified atom stereocenters. The number of nitrogens with zero attached hydrogens (tertiary/aromatic N) is 1. The molecule has 1 saturated heterocycles. The van der Waals surface area contributed by atoms with E-state index in [0.29, 0.717) is 34.8 Å². The van der Waals surface area contributed by atoms with Crippen LogP contribution in [0.25, 0.3) is 0 Å². The summed E-state index contributed by atoms with van der Waals surface area (Å²) in [4.78, 5) is 15.2. The van der Waals surface area contributed by atoms with Crippen LogP contribution in [-0.4, -0.2) is 54.5 Å². The highest BCUT2D eigenvalue weighted by Gasteiger charge is 2.51. The highest BCUT2D eigenvalue weighted by molar-refractivity contribution is 6.62. The number of rotatable bonds is 9. The van der Waals surface area contributed by atoms with E-state index in [4.69, 9.17) is 18.8 Å². The lowest BCUT2D eigenvalue weighted by molar-refractivity contribution is -0.00690. The van der Waals surface area contributed by atoms with Crippen LogP contribution in [0.15, 0.2) is 42.5 Å². The predicted molar refractivity (Wildman–Crippen MR) is 145 cm³/mol. The van der Waals surface area contributed by atoms with Crippen LogP contribution >= 0.6 is 0 Å². The van der Waals surface area contributed by atoms with Crippen molar-refractivity contribution in [1.29, 1.82) is 0 Å². The SMILES string of the molecule is COc1ccc(NC(=O)c2ccc(B3OC(C)(C)C(C)(C)O3)cc2)cc1OC(C)N(C(C)C)C(C)C. The largest absolute Gasteiger partial charge is 0.494 e. The molecule has 1 fully saturated rings. The second kappa shape index (κ2) is 10.8. The second-order valence-electron chi connectivity index (χ2n) is 10.9. The number of benzene rings is 2. The van der Waals surface area contributed by atoms with E-state index in [2.05, 4.69) is 37.9 Å². The quantitative estimate of drug-likeness (QED) is 0.385. The number of ether oxygens (including phenoxy) is 2. The Morgan fingerprint density at radius 3 is 1.94 bits per heavy atom. The fraction of sp³-hybridized carbons (Fsp3) is 0.536. The molecule has 1 amide bonds. The van der Waals surface area contributed by atoms with Gasteiger partial charge in [0.25, 0.3) is 5.91 Å². The summed E-state index contributed by atoms with van der Waals surface area (Å²) in [5.41, 5.74) is 1.20. The van der Waals surface area contributed by atoms with Crippen molar-refractivity contribution in [1.82, 2.24) is 4.90 Å². The highest BCUT2D eigenvalue weighted by atomic mass is 16.7. The van der Waals surface area contributed by atoms with Crippen LogP contribution in [0, 0.1) is 0 Å². The van der Waals surface area contributed by atoms with E-state index >= 15 is 0 Å². The second-order valence-corrected chi connectivity index (χ2v) is 10.9. The van der Waals surface area contributed by atoms with Crippen molar-refractivity contribution in [3.63, 3.8) is 0 Å². The molecule has 2 aromatic carbocycles. The number of carbonyl (C=O) groups excluding carboxylic acids is 1. The molecule has 36 heavy (non-hydrogen) atoms. The van der Waals surface area contributed by atoms with Gasteiger partial charge in [0.05, 0.1) is 18.3 Å². The van der Waals surface area contributed by atoms with Gasteiger partial charge in [-0.2, -0.15) is 0 Å². The van der Waals surface area contributed by atoms with Crippen LogP contribution in [0.4, 0.5) is 5.69 Å². The molecule has 3 rings (SSSR count). The van der Waals surface area contributed by atoms with Crippen molar-refractivity contribution < 1.29 is 23.6 Å². The fourth-order valence-electron chi connectivity index (χ4n) is 4.50. The van der Waals surface area contributed by atoms with E-state index in [1.165, 1.54) is 0 Å². The van der Waals surface area contributed by atoms with E-state index in [0.717, 1.165) is 5.46 Å². The molecule has 0 radical (unpaired) electrons. The van der Waals surface area contributed by atoms with Crippen molar-refractivity contribution in [3.8, 4) is 11.5 Å². The Hall–Kier alpha value is -2.55. The molecule has 0 aliphatic carbocycles. The Bertz CT molecular complexity index is 1030. The van der Waals surface area contributed by atoms with Gasteiger partial charge in [0.15, 0.2) is 11.5 Å². The number of amides is 1. The summed E-state index contributed by atoms with van der Waals surface area (Å²) in [7, 11) is 1.14. The minimum absolute atomic E-state index is 0.174. The van der Waals surface area contributed by atoms with Crippen molar-refractivity contribution in [2.75, 3.05) is 12.4 Å². The minimum atomic E-state index is -0.466. The molecule has 196 valence electrons. The van der Waals surface area contributed by atoms with Crippen molar-refractivity contribution >= 4 is 24.2 Å². The monoisotopic (exact) mass is 496 g/mol. The summed E-state index contributed by atoms with van der Waals surface area (Å²) >= 11 is 0. The zero-order valence-electron chi connectivity index (χ0n) is 23.3. The van der Waals surface area contributed by atoms with Gasteiger partial charge < -0.3 is 24.1 Å². The lowest BCUT2D eigenvalue weighted by atomic mass is 9.79. The number of carbonyl (C=O) groups is 1. The minimum Gasteiger partial charge on any atom is -0.493 e. The predicted octanol–water partition coefficient (Wildman–Crippen LogP) is 5.09. The zero-order chi connectivity index (χ0) is 26.8. The number of nitrogens with one attached hydrogen (secondary N) is 1. The fourth-order valence-corrected chi connectivity index (χ4v) is 4.50. The zero-order valence-corrected chi connectivity index (χ0v) is 23.3. The molecule has 0 spiro atoms. The van der Waals surface area contributed by atoms with E-state index in [-0.39, 0.29) is 12.1 Å². The number of hydrogen-bond donors (Lipinski definition) is 1. The van der Waals surface area contributed by atoms with E-state index < -0.39 is 18.3 Å². The number of methoxy groups -OCH3 is 1. The molecule has 2 aromatic rings. The molecule has 0 aromatic heterocycles. The molecule has 0 bridgehead atoms. The first kappa shape index (κ1) is 28.0. The van der Waals surface area contributed by atoms with Gasteiger partial charge in [0.2, 0.25) is 0 Å². The molecule has 1 N–H and O–H groups in total. The first-order chi connectivity index (χ1) is 16.8. The smallest absolute Gasteiger partial charge is 0.493 e. The maximum atomic E-state index is 13.0. The van der Waals surface area contributed by atoms with Crippen molar-refractivity contribution in [2.45, 2.75) is 91.8 Å². The Balaban J connectivity index is 1.72. The molecule has 1 heterocycles. The topological polar surface area (TPSA) is 69.3 Å². The lowest BCUT2D eigenvalue weighted by Crippen LogP contribution is -2.46. The van der Waals surface area contributed by atoms with Crippen LogP contribution in [0.1, 0.15) is 72.7 Å². The molecule has 1 atom stereocenters. The molecule has 8 heteroatoms. The highest BCUT2D eigenvalue weighted by Crippen LogP contribution is 2.36. The molecule has 1 aliphatic heterocycles. The molecule has 1 aliphatic rings. The van der Waals surface area contributed by atoms with Crippen LogP contribution in [-0.2, 0) is 9.31 Å². The van der Waals surface area contributed by atoms with E-state index in [1.54, 1.807) is 37.4 Å². The molecular weight excluding hydrogens is 455 g/mol. The summed E-state index contributed by atoms with van der Waals surface area (Å²) < 4.78 is 24.0. The van der Waals surface area contributed by atoms with E-state index in [9.17, 15) is 4.79 Å². The summed E-state index contributed by atoms with van der Waals surface area (Å²) in [6.07, 6.45) is -0.174. The van der Waals surface area contributed by atoms with Crippen LogP contribution in [0.3, 0.4) is 0 Å². The van der Waals surface area contributed by atoms with Gasteiger partial charge in [-0.15, -0.1) is 0 Å². The normalized spacial score (nSPS) is 17.5. The average molecular weight is 496 g/mol. The third-order valence-electron chi connectivity index (χ3n) is 7.03. The van der Waals surface area contributed by atoms with Gasteiger partial charge in [0, 0.05) is 29.4 Å². The molecule has 7 nitrogen and oxygen atoms in total. The summed E-state index contributed by atoms with van der Waals surface area (Å²) in [5, 5.41) is 2.96. The average Bonchev–Trinajstić information content (AvgIpc) is 3.00. The van der Waals surface area contributed by atoms with Crippen molar-refractivity contribution in [2.24, 2.45) is 0 Å². The van der Waals surface area contributed by atoms with Crippen LogP contribution in [0.2, 0.25) is 0 Å². The van der Waals surface area contributed by atoms with Gasteiger partial charge in [0.1, 0.15) is 6.23 Å². The van der Waals surface area contributed by atoms with Gasteiger partial charge >= 0.3 is 7.12 Å². The first-order valence-electron chi connectivity index (χ1n) is 12.6. The lowest BCUT2D eigenvalue weighted by Gasteiger charge is -2.36. The van der Waals surface area contributed by atoms with Crippen LogP contribution in [0.5, 0.6) is 11.5 Å². The Labute approximate surface area is 216 Å². The summed E-state index contributed by atoms with van der Waals surface area (Å²) in [6, 6.07) is 13.3. The Morgan fingerprint density at radius 2 is 1.44 bits per heavy atom. The van der Waals surface area contributed by atoms with Gasteiger partial charge in [-0.05, 0) is 92.0 Å². The number of hydrogen-bond acceptors (Lipinski definition) is 6. The summed E-state index contributed by atoms with van der Waals surface area (Å²) in [6.45, 7) is 18.7. The standard InChI is InChI=1S/C28H41BN2O5/c1-18(2)31(19(3)4)20(5)34-25-17-23(15-16-24(25)33-10)30-26(32)21-11-13-22(14-12-21)29-35-27(6,7)28(8,9)36-29/h11-20H,1-10H3,(H,30,32).